The van der Waals surface area contributed by atoms with Gasteiger partial charge in [0.2, 0.25) is 0 Å². The minimum atomic E-state index is -0.490. The average Bonchev–Trinajstić information content (AvgIpc) is 2.62. The van der Waals surface area contributed by atoms with Crippen molar-refractivity contribution in [2.75, 3.05) is 0 Å². The van der Waals surface area contributed by atoms with Crippen molar-refractivity contribution in [1.82, 2.24) is 0 Å². The maximum atomic E-state index is 12.8. The van der Waals surface area contributed by atoms with E-state index in [-0.39, 0.29) is 11.2 Å². The molecule has 0 radical (unpaired) electrons. The molecule has 4 rings (SSSR count). The van der Waals surface area contributed by atoms with E-state index in [0.717, 1.165) is 15.6 Å². The van der Waals surface area contributed by atoms with Crippen LogP contribution in [0.15, 0.2) is 63.6 Å². The van der Waals surface area contributed by atoms with Crippen molar-refractivity contribution >= 4 is 33.7 Å². The molecule has 124 valence electrons. The van der Waals surface area contributed by atoms with Gasteiger partial charge in [-0.25, -0.2) is 0 Å². The van der Waals surface area contributed by atoms with E-state index in [1.54, 1.807) is 6.07 Å². The zero-order chi connectivity index (χ0) is 17.6. The van der Waals surface area contributed by atoms with Gasteiger partial charge in [0.25, 0.3) is 0 Å². The van der Waals surface area contributed by atoms with Crippen molar-refractivity contribution in [2.24, 2.45) is 11.7 Å². The predicted octanol–water partition coefficient (Wildman–Crippen LogP) is 4.25. The van der Waals surface area contributed by atoms with Crippen LogP contribution in [0.4, 0.5) is 0 Å². The van der Waals surface area contributed by atoms with Crippen LogP contribution < -0.4 is 10.5 Å². The number of rotatable bonds is 1. The lowest BCUT2D eigenvalue weighted by Crippen LogP contribution is -2.38. The monoisotopic (exact) mass is 412 g/mol. The zero-order valence-electron chi connectivity index (χ0n) is 13.0. The summed E-state index contributed by atoms with van der Waals surface area (Å²) >= 11 is 4.83. The number of hydrogen-bond acceptors (Lipinski definition) is 5. The van der Waals surface area contributed by atoms with Crippen LogP contribution in [0.1, 0.15) is 22.3 Å². The number of allylic oxidation sites excluding steroid dienone is 1. The van der Waals surface area contributed by atoms with Gasteiger partial charge >= 0.3 is 5.97 Å². The molecule has 2 aliphatic heterocycles. The Morgan fingerprint density at radius 1 is 1.20 bits per heavy atom. The third-order valence-corrected chi connectivity index (χ3v) is 6.34. The largest absolute Gasteiger partial charge is 0.426 e. The van der Waals surface area contributed by atoms with Gasteiger partial charge in [0.05, 0.1) is 27.8 Å². The smallest absolute Gasteiger partial charge is 0.316 e. The number of nitrogens with zero attached hydrogens (tertiary/aromatic N) is 1. The van der Waals surface area contributed by atoms with Gasteiger partial charge in [0, 0.05) is 16.0 Å². The second-order valence-electron chi connectivity index (χ2n) is 5.95. The highest BCUT2D eigenvalue weighted by Crippen LogP contribution is 2.56. The Balaban J connectivity index is 1.93. The first-order chi connectivity index (χ1) is 12.1. The van der Waals surface area contributed by atoms with E-state index in [2.05, 4.69) is 22.0 Å². The summed E-state index contributed by atoms with van der Waals surface area (Å²) in [6.07, 6.45) is 0. The first-order valence-electron chi connectivity index (χ1n) is 7.72. The van der Waals surface area contributed by atoms with Gasteiger partial charge in [-0.2, -0.15) is 5.26 Å². The highest BCUT2D eigenvalue weighted by Gasteiger charge is 2.49. The number of ether oxygens (including phenoxy) is 1. The normalized spacial score (nSPS) is 24.8. The summed E-state index contributed by atoms with van der Waals surface area (Å²) in [5, 5.41) is 9.95. The van der Waals surface area contributed by atoms with Crippen LogP contribution in [0.3, 0.4) is 0 Å². The topological polar surface area (TPSA) is 76.1 Å². The summed E-state index contributed by atoms with van der Waals surface area (Å²) in [4.78, 5) is 12.8. The molecular weight excluding hydrogens is 400 g/mol. The minimum Gasteiger partial charge on any atom is -0.426 e. The SMILES string of the molecule is N#CC1=C(N)S[C@@H](c2ccccc2)[C@@H]2C(=O)Oc3ccc(Br)cc3[C@@H]12. The highest BCUT2D eigenvalue weighted by atomic mass is 79.9. The van der Waals surface area contributed by atoms with E-state index < -0.39 is 11.8 Å². The van der Waals surface area contributed by atoms with Crippen molar-refractivity contribution < 1.29 is 9.53 Å². The first-order valence-corrected chi connectivity index (χ1v) is 9.40. The van der Waals surface area contributed by atoms with Crippen molar-refractivity contribution in [2.45, 2.75) is 11.2 Å². The number of nitrogens with two attached hydrogens (primary N) is 1. The Kier molecular flexibility index (Phi) is 4.06. The number of fused-ring (bicyclic) bond motifs is 3. The summed E-state index contributed by atoms with van der Waals surface area (Å²) in [6, 6.07) is 17.4. The molecule has 2 N–H and O–H groups in total. The van der Waals surface area contributed by atoms with E-state index >= 15 is 0 Å². The van der Waals surface area contributed by atoms with Crippen LogP contribution in [0, 0.1) is 17.2 Å². The van der Waals surface area contributed by atoms with Gasteiger partial charge in [-0.1, -0.05) is 58.0 Å². The lowest BCUT2D eigenvalue weighted by Gasteiger charge is -2.39. The molecule has 0 fully saturated rings. The van der Waals surface area contributed by atoms with Crippen molar-refractivity contribution in [3.8, 4) is 11.8 Å². The number of halogens is 1. The standard InChI is InChI=1S/C19H13BrN2O2S/c20-11-6-7-14-12(8-11)15-13(9-21)18(22)25-17(16(15)19(23)24-14)10-4-2-1-3-5-10/h1-8,15-17H,22H2/t15-,16+,17-/m0/s1. The average molecular weight is 413 g/mol. The number of nitriles is 1. The fourth-order valence-corrected chi connectivity index (χ4v) is 5.12. The maximum Gasteiger partial charge on any atom is 0.316 e. The summed E-state index contributed by atoms with van der Waals surface area (Å²) < 4.78 is 6.46. The van der Waals surface area contributed by atoms with Gasteiger partial charge in [0.1, 0.15) is 5.75 Å². The Morgan fingerprint density at radius 3 is 2.68 bits per heavy atom. The van der Waals surface area contributed by atoms with E-state index in [4.69, 9.17) is 10.5 Å². The zero-order valence-corrected chi connectivity index (χ0v) is 15.4. The molecule has 6 heteroatoms. The Labute approximate surface area is 157 Å². The third-order valence-electron chi connectivity index (χ3n) is 4.55. The van der Waals surface area contributed by atoms with E-state index in [1.807, 2.05) is 42.5 Å². The van der Waals surface area contributed by atoms with Crippen LogP contribution >= 0.6 is 27.7 Å². The fraction of sp³-hybridized carbons (Fsp3) is 0.158. The molecular formula is C19H13BrN2O2S. The summed E-state index contributed by atoms with van der Waals surface area (Å²) in [5.74, 6) is -0.712. The molecule has 0 aliphatic carbocycles. The van der Waals surface area contributed by atoms with E-state index in [1.165, 1.54) is 11.8 Å². The molecule has 2 aromatic carbocycles. The van der Waals surface area contributed by atoms with Gasteiger partial charge < -0.3 is 10.5 Å². The molecule has 0 unspecified atom stereocenters. The molecule has 0 aromatic heterocycles. The molecule has 3 atom stereocenters. The highest BCUT2D eigenvalue weighted by molar-refractivity contribution is 9.10. The predicted molar refractivity (Wildman–Crippen MR) is 99.6 cm³/mol. The Hall–Kier alpha value is -2.23. The molecule has 0 bridgehead atoms. The quantitative estimate of drug-likeness (QED) is 0.559. The van der Waals surface area contributed by atoms with E-state index in [9.17, 15) is 10.1 Å². The second kappa shape index (κ2) is 6.25. The van der Waals surface area contributed by atoms with Crippen LogP contribution in [-0.2, 0) is 4.79 Å². The minimum absolute atomic E-state index is 0.192. The Morgan fingerprint density at radius 2 is 1.96 bits per heavy atom. The molecule has 4 nitrogen and oxygen atoms in total. The Bertz CT molecular complexity index is 936. The number of thioether (sulfide) groups is 1. The molecule has 2 aliphatic rings. The summed E-state index contributed by atoms with van der Waals surface area (Å²) in [5.41, 5.74) is 8.48. The molecule has 0 spiro atoms. The maximum absolute atomic E-state index is 12.8. The molecule has 0 amide bonds. The number of benzene rings is 2. The van der Waals surface area contributed by atoms with Crippen molar-refractivity contribution in [1.29, 1.82) is 5.26 Å². The van der Waals surface area contributed by atoms with E-state index in [0.29, 0.717) is 16.4 Å². The number of hydrogen-bond donors (Lipinski definition) is 1. The molecule has 25 heavy (non-hydrogen) atoms. The number of carbonyl (C=O) groups is 1. The van der Waals surface area contributed by atoms with Crippen LogP contribution in [0.2, 0.25) is 0 Å². The summed E-state index contributed by atoms with van der Waals surface area (Å²) in [7, 11) is 0. The van der Waals surface area contributed by atoms with Gasteiger partial charge in [0.15, 0.2) is 0 Å². The van der Waals surface area contributed by atoms with Crippen molar-refractivity contribution in [3.05, 3.63) is 74.7 Å². The lowest BCUT2D eigenvalue weighted by atomic mass is 9.75. The lowest BCUT2D eigenvalue weighted by molar-refractivity contribution is -0.140. The van der Waals surface area contributed by atoms with Crippen molar-refractivity contribution in [3.63, 3.8) is 0 Å². The molecule has 0 saturated heterocycles. The molecule has 2 heterocycles. The van der Waals surface area contributed by atoms with Gasteiger partial charge in [-0.15, -0.1) is 0 Å². The number of carbonyl (C=O) groups excluding carboxylic acids is 1. The van der Waals surface area contributed by atoms with Crippen LogP contribution in [0.5, 0.6) is 5.75 Å². The summed E-state index contributed by atoms with van der Waals surface area (Å²) in [6.45, 7) is 0. The fourth-order valence-electron chi connectivity index (χ4n) is 3.46. The first kappa shape index (κ1) is 16.2. The van der Waals surface area contributed by atoms with Crippen LogP contribution in [0.25, 0.3) is 0 Å². The van der Waals surface area contributed by atoms with Crippen LogP contribution in [-0.4, -0.2) is 5.97 Å². The molecule has 2 aromatic rings. The van der Waals surface area contributed by atoms with Gasteiger partial charge in [-0.05, 0) is 23.8 Å². The number of esters is 1. The molecule has 0 saturated carbocycles. The van der Waals surface area contributed by atoms with Gasteiger partial charge in [-0.3, -0.25) is 4.79 Å². The third kappa shape index (κ3) is 2.64. The second-order valence-corrected chi connectivity index (χ2v) is 8.04.